The molecule has 5 heteroatoms. The predicted molar refractivity (Wildman–Crippen MR) is 98.4 cm³/mol. The zero-order valence-electron chi connectivity index (χ0n) is 14.9. The number of Topliss-reactive ketones (excluding diaryl/α,β-unsaturated/α-hetero) is 1. The molecule has 26 heavy (non-hydrogen) atoms. The highest BCUT2D eigenvalue weighted by atomic mass is 16.5. The van der Waals surface area contributed by atoms with Gasteiger partial charge in [0.2, 0.25) is 0 Å². The molecule has 5 nitrogen and oxygen atoms in total. The van der Waals surface area contributed by atoms with Crippen molar-refractivity contribution in [3.8, 4) is 0 Å². The molecule has 0 saturated heterocycles. The molecular weight excluding hydrogens is 330 g/mol. The number of esters is 1. The maximum absolute atomic E-state index is 12.3. The number of amides is 1. The Morgan fingerprint density at radius 1 is 0.962 bits per heavy atom. The third kappa shape index (κ3) is 3.99. The molecule has 1 atom stereocenters. The van der Waals surface area contributed by atoms with Gasteiger partial charge in [-0.05, 0) is 80.6 Å². The number of carbonyl (C=O) groups is 3. The molecule has 1 aliphatic rings. The van der Waals surface area contributed by atoms with Crippen LogP contribution in [0.2, 0.25) is 0 Å². The van der Waals surface area contributed by atoms with Crippen LogP contribution in [0, 0.1) is 0 Å². The summed E-state index contributed by atoms with van der Waals surface area (Å²) in [6.07, 6.45) is 2.20. The van der Waals surface area contributed by atoms with E-state index in [2.05, 4.69) is 5.32 Å². The second kappa shape index (κ2) is 7.52. The minimum Gasteiger partial charge on any atom is -0.449 e. The maximum Gasteiger partial charge on any atom is 0.338 e. The molecule has 0 spiro atoms. The molecule has 0 aromatic heterocycles. The van der Waals surface area contributed by atoms with Crippen molar-refractivity contribution in [2.45, 2.75) is 39.2 Å². The van der Waals surface area contributed by atoms with Crippen LogP contribution in [0.15, 0.2) is 42.5 Å². The number of aryl methyl sites for hydroxylation is 2. The van der Waals surface area contributed by atoms with Crippen molar-refractivity contribution in [1.82, 2.24) is 0 Å². The number of anilines is 1. The van der Waals surface area contributed by atoms with Gasteiger partial charge in [0.25, 0.3) is 5.91 Å². The molecule has 0 aliphatic heterocycles. The van der Waals surface area contributed by atoms with Gasteiger partial charge in [-0.2, -0.15) is 0 Å². The first-order valence-electron chi connectivity index (χ1n) is 8.68. The van der Waals surface area contributed by atoms with E-state index in [1.54, 1.807) is 30.3 Å². The summed E-state index contributed by atoms with van der Waals surface area (Å²) >= 11 is 0. The standard InChI is InChI=1S/C21H21NO4/c1-13(23)15-8-10-19(11-9-15)22-20(24)14(2)26-21(25)18-7-6-16-4-3-5-17(16)12-18/h6-12,14H,3-5H2,1-2H3,(H,22,24)/t14-/m1/s1. The minimum absolute atomic E-state index is 0.0421. The number of fused-ring (bicyclic) bond motifs is 1. The van der Waals surface area contributed by atoms with Crippen LogP contribution < -0.4 is 5.32 Å². The number of ketones is 1. The van der Waals surface area contributed by atoms with Crippen LogP contribution >= 0.6 is 0 Å². The summed E-state index contributed by atoms with van der Waals surface area (Å²) in [5, 5.41) is 2.68. The summed E-state index contributed by atoms with van der Waals surface area (Å²) in [5.41, 5.74) is 4.04. The fraction of sp³-hybridized carbons (Fsp3) is 0.286. The summed E-state index contributed by atoms with van der Waals surface area (Å²) in [6, 6.07) is 12.1. The molecule has 1 amide bonds. The molecule has 0 saturated carbocycles. The number of rotatable bonds is 5. The van der Waals surface area contributed by atoms with Crippen molar-refractivity contribution in [2.75, 3.05) is 5.32 Å². The van der Waals surface area contributed by atoms with Gasteiger partial charge in [-0.1, -0.05) is 6.07 Å². The van der Waals surface area contributed by atoms with E-state index >= 15 is 0 Å². The molecule has 2 aromatic carbocycles. The topological polar surface area (TPSA) is 72.5 Å². The Morgan fingerprint density at radius 2 is 1.62 bits per heavy atom. The lowest BCUT2D eigenvalue weighted by Crippen LogP contribution is -2.30. The maximum atomic E-state index is 12.3. The first-order chi connectivity index (χ1) is 12.4. The molecule has 1 N–H and O–H groups in total. The Balaban J connectivity index is 1.60. The molecule has 0 unspecified atom stereocenters. The Hall–Kier alpha value is -2.95. The Labute approximate surface area is 152 Å². The van der Waals surface area contributed by atoms with E-state index in [0.29, 0.717) is 16.8 Å². The molecular formula is C21H21NO4. The molecule has 2 aromatic rings. The van der Waals surface area contributed by atoms with Gasteiger partial charge in [0.15, 0.2) is 11.9 Å². The molecule has 0 bridgehead atoms. The van der Waals surface area contributed by atoms with Gasteiger partial charge in [-0.3, -0.25) is 9.59 Å². The van der Waals surface area contributed by atoms with E-state index in [1.165, 1.54) is 25.0 Å². The van der Waals surface area contributed by atoms with E-state index in [1.807, 2.05) is 12.1 Å². The fourth-order valence-electron chi connectivity index (χ4n) is 3.01. The molecule has 134 valence electrons. The number of benzene rings is 2. The summed E-state index contributed by atoms with van der Waals surface area (Å²) < 4.78 is 5.29. The van der Waals surface area contributed by atoms with Crippen molar-refractivity contribution in [3.63, 3.8) is 0 Å². The number of ether oxygens (including phenoxy) is 1. The molecule has 0 heterocycles. The Bertz CT molecular complexity index is 855. The lowest BCUT2D eigenvalue weighted by molar-refractivity contribution is -0.123. The van der Waals surface area contributed by atoms with Gasteiger partial charge >= 0.3 is 5.97 Å². The van der Waals surface area contributed by atoms with Gasteiger partial charge in [0.1, 0.15) is 0 Å². The summed E-state index contributed by atoms with van der Waals surface area (Å²) in [7, 11) is 0. The van der Waals surface area contributed by atoms with Crippen LogP contribution in [0.25, 0.3) is 0 Å². The van der Waals surface area contributed by atoms with Gasteiger partial charge in [-0.25, -0.2) is 4.79 Å². The predicted octanol–water partition coefficient (Wildman–Crippen LogP) is 3.56. The third-order valence-electron chi connectivity index (χ3n) is 4.55. The van der Waals surface area contributed by atoms with E-state index in [9.17, 15) is 14.4 Å². The van der Waals surface area contributed by atoms with Crippen molar-refractivity contribution in [3.05, 3.63) is 64.7 Å². The van der Waals surface area contributed by atoms with Gasteiger partial charge < -0.3 is 10.1 Å². The largest absolute Gasteiger partial charge is 0.449 e. The smallest absolute Gasteiger partial charge is 0.338 e. The van der Waals surface area contributed by atoms with Crippen LogP contribution in [0.5, 0.6) is 0 Å². The zero-order chi connectivity index (χ0) is 18.7. The van der Waals surface area contributed by atoms with Gasteiger partial charge in [0.05, 0.1) is 5.56 Å². The van der Waals surface area contributed by atoms with E-state index in [4.69, 9.17) is 4.74 Å². The molecule has 1 aliphatic carbocycles. The summed E-state index contributed by atoms with van der Waals surface area (Å²) in [4.78, 5) is 35.8. The molecule has 0 fully saturated rings. The number of nitrogens with one attached hydrogen (secondary N) is 1. The third-order valence-corrected chi connectivity index (χ3v) is 4.55. The number of carbonyl (C=O) groups excluding carboxylic acids is 3. The average molecular weight is 351 g/mol. The second-order valence-electron chi connectivity index (χ2n) is 6.51. The normalized spacial score (nSPS) is 13.6. The number of hydrogen-bond donors (Lipinski definition) is 1. The summed E-state index contributed by atoms with van der Waals surface area (Å²) in [6.45, 7) is 3.01. The highest BCUT2D eigenvalue weighted by Crippen LogP contribution is 2.23. The zero-order valence-corrected chi connectivity index (χ0v) is 14.9. The van der Waals surface area contributed by atoms with Gasteiger partial charge in [0, 0.05) is 11.3 Å². The SMILES string of the molecule is CC(=O)c1ccc(NC(=O)[C@@H](C)OC(=O)c2ccc3c(c2)CCC3)cc1. The van der Waals surface area contributed by atoms with Crippen LogP contribution in [0.1, 0.15) is 52.1 Å². The number of hydrogen-bond acceptors (Lipinski definition) is 4. The lowest BCUT2D eigenvalue weighted by Gasteiger charge is -2.14. The minimum atomic E-state index is -0.928. The first kappa shape index (κ1) is 17.9. The van der Waals surface area contributed by atoms with Crippen molar-refractivity contribution in [1.29, 1.82) is 0 Å². The Kier molecular flexibility index (Phi) is 5.16. The highest BCUT2D eigenvalue weighted by molar-refractivity contribution is 5.98. The average Bonchev–Trinajstić information content (AvgIpc) is 3.09. The fourth-order valence-corrected chi connectivity index (χ4v) is 3.01. The van der Waals surface area contributed by atoms with Crippen LogP contribution in [-0.2, 0) is 22.4 Å². The molecule has 3 rings (SSSR count). The van der Waals surface area contributed by atoms with E-state index in [-0.39, 0.29) is 5.78 Å². The highest BCUT2D eigenvalue weighted by Gasteiger charge is 2.20. The van der Waals surface area contributed by atoms with Gasteiger partial charge in [-0.15, -0.1) is 0 Å². The second-order valence-corrected chi connectivity index (χ2v) is 6.51. The van der Waals surface area contributed by atoms with Crippen molar-refractivity contribution in [2.24, 2.45) is 0 Å². The van der Waals surface area contributed by atoms with E-state index < -0.39 is 18.0 Å². The van der Waals surface area contributed by atoms with Crippen LogP contribution in [0.4, 0.5) is 5.69 Å². The lowest BCUT2D eigenvalue weighted by atomic mass is 10.1. The van der Waals surface area contributed by atoms with E-state index in [0.717, 1.165) is 19.3 Å². The Morgan fingerprint density at radius 3 is 2.31 bits per heavy atom. The first-order valence-corrected chi connectivity index (χ1v) is 8.68. The van der Waals surface area contributed by atoms with Crippen LogP contribution in [-0.4, -0.2) is 23.8 Å². The quantitative estimate of drug-likeness (QED) is 0.660. The van der Waals surface area contributed by atoms with Crippen molar-refractivity contribution >= 4 is 23.3 Å². The monoisotopic (exact) mass is 351 g/mol. The van der Waals surface area contributed by atoms with Crippen LogP contribution in [0.3, 0.4) is 0 Å². The summed E-state index contributed by atoms with van der Waals surface area (Å²) in [5.74, 6) is -0.969. The molecule has 0 radical (unpaired) electrons. The van der Waals surface area contributed by atoms with Crippen molar-refractivity contribution < 1.29 is 19.1 Å².